The van der Waals surface area contributed by atoms with E-state index in [2.05, 4.69) is 47.5 Å². The van der Waals surface area contributed by atoms with Gasteiger partial charge in [0.25, 0.3) is 0 Å². The maximum absolute atomic E-state index is 10.4. The first-order valence-electron chi connectivity index (χ1n) is 11.7. The molecule has 1 aromatic rings. The van der Waals surface area contributed by atoms with Crippen LogP contribution in [0.2, 0.25) is 0 Å². The van der Waals surface area contributed by atoms with Gasteiger partial charge in [-0.15, -0.1) is 0 Å². The SMILES string of the molecule is CC(C)O.CC(C)O.CC(C)O.CCCCNC1(O)CCN(Cc2ccccc2)CC1.[Ti]. The number of aliphatic hydroxyl groups is 4. The Kier molecular flexibility index (Phi) is 25.5. The largest absolute Gasteiger partial charge is 0.394 e. The van der Waals surface area contributed by atoms with Gasteiger partial charge in [0.15, 0.2) is 0 Å². The fourth-order valence-electron chi connectivity index (χ4n) is 2.60. The number of piperidine rings is 1. The summed E-state index contributed by atoms with van der Waals surface area (Å²) in [5.74, 6) is 0. The Labute approximate surface area is 212 Å². The van der Waals surface area contributed by atoms with Gasteiger partial charge in [-0.05, 0) is 60.1 Å². The van der Waals surface area contributed by atoms with Crippen molar-refractivity contribution in [1.29, 1.82) is 0 Å². The van der Waals surface area contributed by atoms with E-state index in [1.54, 1.807) is 41.5 Å². The van der Waals surface area contributed by atoms with Crippen molar-refractivity contribution in [3.05, 3.63) is 35.9 Å². The Morgan fingerprint density at radius 3 is 1.66 bits per heavy atom. The van der Waals surface area contributed by atoms with E-state index in [0.29, 0.717) is 0 Å². The second-order valence-electron chi connectivity index (χ2n) is 8.85. The molecular weight excluding hydrogens is 440 g/mol. The van der Waals surface area contributed by atoms with E-state index in [1.165, 1.54) is 12.0 Å². The molecule has 0 atom stereocenters. The first kappa shape index (κ1) is 36.3. The third-order valence-corrected chi connectivity index (χ3v) is 3.92. The number of nitrogens with zero attached hydrogens (tertiary/aromatic N) is 1. The van der Waals surface area contributed by atoms with Crippen molar-refractivity contribution in [1.82, 2.24) is 10.2 Å². The molecule has 188 valence electrons. The van der Waals surface area contributed by atoms with Gasteiger partial charge in [-0.25, -0.2) is 0 Å². The van der Waals surface area contributed by atoms with Gasteiger partial charge in [0, 0.05) is 72.5 Å². The van der Waals surface area contributed by atoms with Gasteiger partial charge >= 0.3 is 0 Å². The molecule has 5 N–H and O–H groups in total. The average molecular weight is 491 g/mol. The fourth-order valence-corrected chi connectivity index (χ4v) is 2.60. The fraction of sp³-hybridized carbons (Fsp3) is 0.760. The molecule has 1 aliphatic rings. The molecular formula is C25H50N2O4Ti. The van der Waals surface area contributed by atoms with E-state index in [4.69, 9.17) is 15.3 Å². The van der Waals surface area contributed by atoms with Crippen molar-refractivity contribution in [2.24, 2.45) is 0 Å². The molecule has 0 bridgehead atoms. The van der Waals surface area contributed by atoms with Gasteiger partial charge in [-0.3, -0.25) is 10.2 Å². The molecule has 6 nitrogen and oxygen atoms in total. The standard InChI is InChI=1S/C16H26N2O.3C3H8O.Ti/c1-2-3-11-17-16(19)9-12-18(13-10-16)14-15-7-5-4-6-8-15;3*1-3(2)4;/h4-8,17,19H,2-3,9-14H2,1H3;3*3-4H,1-2H3;. The molecule has 1 saturated heterocycles. The Bertz CT molecular complexity index is 471. The zero-order valence-electron chi connectivity index (χ0n) is 21.5. The second-order valence-corrected chi connectivity index (χ2v) is 8.85. The van der Waals surface area contributed by atoms with Crippen LogP contribution in [0, 0.1) is 0 Å². The summed E-state index contributed by atoms with van der Waals surface area (Å²) in [5, 5.41) is 37.9. The first-order valence-corrected chi connectivity index (χ1v) is 11.7. The minimum absolute atomic E-state index is 0. The number of nitrogens with one attached hydrogen (secondary N) is 1. The zero-order chi connectivity index (χ0) is 24.3. The third kappa shape index (κ3) is 27.7. The summed E-state index contributed by atoms with van der Waals surface area (Å²) in [7, 11) is 0. The first-order chi connectivity index (χ1) is 14.4. The molecule has 0 aromatic heterocycles. The molecule has 1 aromatic carbocycles. The van der Waals surface area contributed by atoms with Gasteiger partial charge in [0.2, 0.25) is 0 Å². The van der Waals surface area contributed by atoms with Crippen LogP contribution >= 0.6 is 0 Å². The minimum atomic E-state index is -0.637. The number of likely N-dealkylation sites (tertiary alicyclic amines) is 1. The summed E-state index contributed by atoms with van der Waals surface area (Å²) in [4.78, 5) is 2.42. The molecule has 32 heavy (non-hydrogen) atoms. The van der Waals surface area contributed by atoms with E-state index in [9.17, 15) is 5.11 Å². The minimum Gasteiger partial charge on any atom is -0.394 e. The van der Waals surface area contributed by atoms with E-state index in [1.807, 2.05) is 0 Å². The van der Waals surface area contributed by atoms with Crippen LogP contribution in [0.4, 0.5) is 0 Å². The predicted molar refractivity (Wildman–Crippen MR) is 131 cm³/mol. The molecule has 0 aliphatic carbocycles. The number of unbranched alkanes of at least 4 members (excludes halogenated alkanes) is 1. The van der Waals surface area contributed by atoms with E-state index >= 15 is 0 Å². The molecule has 0 spiro atoms. The number of rotatable bonds is 6. The van der Waals surface area contributed by atoms with Gasteiger partial charge in [0.05, 0.1) is 0 Å². The Balaban J connectivity index is -0.000000539. The Morgan fingerprint density at radius 1 is 0.875 bits per heavy atom. The molecule has 0 radical (unpaired) electrons. The van der Waals surface area contributed by atoms with Crippen molar-refractivity contribution in [2.75, 3.05) is 19.6 Å². The van der Waals surface area contributed by atoms with Crippen LogP contribution in [0.25, 0.3) is 0 Å². The number of benzene rings is 1. The summed E-state index contributed by atoms with van der Waals surface area (Å²) in [6.45, 7) is 16.3. The van der Waals surface area contributed by atoms with Crippen LogP contribution in [0.5, 0.6) is 0 Å². The molecule has 1 heterocycles. The summed E-state index contributed by atoms with van der Waals surface area (Å²) < 4.78 is 0. The van der Waals surface area contributed by atoms with Crippen molar-refractivity contribution in [2.45, 2.75) is 105 Å². The monoisotopic (exact) mass is 490 g/mol. The van der Waals surface area contributed by atoms with Gasteiger partial charge < -0.3 is 20.4 Å². The van der Waals surface area contributed by atoms with Crippen LogP contribution in [-0.2, 0) is 28.3 Å². The van der Waals surface area contributed by atoms with Crippen LogP contribution in [0.1, 0.15) is 79.7 Å². The van der Waals surface area contributed by atoms with Crippen molar-refractivity contribution in [3.63, 3.8) is 0 Å². The normalized spacial score (nSPS) is 14.9. The van der Waals surface area contributed by atoms with Gasteiger partial charge in [0.1, 0.15) is 5.72 Å². The zero-order valence-corrected chi connectivity index (χ0v) is 23.1. The van der Waals surface area contributed by atoms with Crippen LogP contribution in [0.3, 0.4) is 0 Å². The van der Waals surface area contributed by atoms with E-state index in [-0.39, 0.29) is 40.0 Å². The average Bonchev–Trinajstić information content (AvgIpc) is 2.64. The molecule has 1 aliphatic heterocycles. The Morgan fingerprint density at radius 2 is 1.28 bits per heavy atom. The van der Waals surface area contributed by atoms with Gasteiger partial charge in [-0.1, -0.05) is 43.7 Å². The molecule has 0 amide bonds. The number of hydrogen-bond acceptors (Lipinski definition) is 6. The topological polar surface area (TPSA) is 96.2 Å². The molecule has 2 rings (SSSR count). The van der Waals surface area contributed by atoms with Crippen molar-refractivity contribution < 1.29 is 42.1 Å². The number of aliphatic hydroxyl groups excluding tert-OH is 3. The van der Waals surface area contributed by atoms with Crippen molar-refractivity contribution >= 4 is 0 Å². The summed E-state index contributed by atoms with van der Waals surface area (Å²) in [5.41, 5.74) is 0.717. The summed E-state index contributed by atoms with van der Waals surface area (Å²) >= 11 is 0. The summed E-state index contributed by atoms with van der Waals surface area (Å²) in [6, 6.07) is 10.6. The Hall–Kier alpha value is -0.306. The molecule has 7 heteroatoms. The maximum atomic E-state index is 10.4. The van der Waals surface area contributed by atoms with E-state index < -0.39 is 5.72 Å². The smallest absolute Gasteiger partial charge is 0.118 e. The molecule has 0 saturated carbocycles. The molecule has 0 unspecified atom stereocenters. The predicted octanol–water partition coefficient (Wildman–Crippen LogP) is 3.52. The second kappa shape index (κ2) is 22.5. The quantitative estimate of drug-likeness (QED) is 0.238. The third-order valence-electron chi connectivity index (χ3n) is 3.92. The summed E-state index contributed by atoms with van der Waals surface area (Å²) in [6.07, 6.45) is 3.45. The van der Waals surface area contributed by atoms with Crippen LogP contribution < -0.4 is 5.32 Å². The van der Waals surface area contributed by atoms with Crippen molar-refractivity contribution in [3.8, 4) is 0 Å². The van der Waals surface area contributed by atoms with Crippen LogP contribution in [0.15, 0.2) is 30.3 Å². The maximum Gasteiger partial charge on any atom is 0.118 e. The van der Waals surface area contributed by atoms with E-state index in [0.717, 1.165) is 45.4 Å². The van der Waals surface area contributed by atoms with Crippen LogP contribution in [-0.4, -0.2) is 69.0 Å². The molecule has 1 fully saturated rings. The number of hydrogen-bond donors (Lipinski definition) is 5. The van der Waals surface area contributed by atoms with Gasteiger partial charge in [-0.2, -0.15) is 0 Å².